The number of ether oxygens (including phenoxy) is 3. The number of aromatic nitrogens is 2. The first-order chi connectivity index (χ1) is 18.1. The van der Waals surface area contributed by atoms with E-state index in [1.807, 2.05) is 42.5 Å². The number of rotatable bonds is 10. The first-order valence-electron chi connectivity index (χ1n) is 12.2. The van der Waals surface area contributed by atoms with Crippen LogP contribution in [0.5, 0.6) is 11.5 Å². The van der Waals surface area contributed by atoms with Crippen LogP contribution in [0.4, 0.5) is 0 Å². The molecule has 2 aromatic carbocycles. The minimum atomic E-state index is -0.100. The predicted molar refractivity (Wildman–Crippen MR) is 147 cm³/mol. The smallest absolute Gasteiger partial charge is 0.272 e. The van der Waals surface area contributed by atoms with Gasteiger partial charge in [0, 0.05) is 29.8 Å². The van der Waals surface area contributed by atoms with E-state index in [-0.39, 0.29) is 23.3 Å². The lowest BCUT2D eigenvalue weighted by Crippen LogP contribution is -2.33. The van der Waals surface area contributed by atoms with E-state index in [2.05, 4.69) is 5.32 Å². The van der Waals surface area contributed by atoms with Gasteiger partial charge in [0.2, 0.25) is 5.91 Å². The van der Waals surface area contributed by atoms with Gasteiger partial charge in [0.05, 0.1) is 31.6 Å². The molecule has 0 saturated carbocycles. The summed E-state index contributed by atoms with van der Waals surface area (Å²) in [4.78, 5) is 31.1. The molecule has 3 heterocycles. The summed E-state index contributed by atoms with van der Waals surface area (Å²) in [5, 5.41) is 4.44. The van der Waals surface area contributed by atoms with Crippen molar-refractivity contribution in [3.8, 4) is 11.5 Å². The van der Waals surface area contributed by atoms with Crippen LogP contribution >= 0.6 is 23.1 Å². The maximum absolute atomic E-state index is 13.7. The molecule has 1 amide bonds. The Hall–Kier alpha value is -3.08. The van der Waals surface area contributed by atoms with Crippen molar-refractivity contribution in [2.75, 3.05) is 33.1 Å². The number of aryl methyl sites for hydroxylation is 1. The van der Waals surface area contributed by atoms with Gasteiger partial charge in [-0.25, -0.2) is 4.98 Å². The summed E-state index contributed by atoms with van der Waals surface area (Å²) in [6.07, 6.45) is 2.67. The SMILES string of the molecule is COc1ccc(CCn2c(SCC(=O)NCC3CCCO3)nc3c(sc4ccccc43)c2=O)cc1OC. The lowest BCUT2D eigenvalue weighted by atomic mass is 10.1. The Labute approximate surface area is 222 Å². The summed E-state index contributed by atoms with van der Waals surface area (Å²) >= 11 is 2.74. The molecule has 0 spiro atoms. The highest BCUT2D eigenvalue weighted by Crippen LogP contribution is 2.32. The molecule has 0 radical (unpaired) electrons. The molecule has 1 aliphatic rings. The molecular formula is C27H29N3O5S2. The van der Waals surface area contributed by atoms with Crippen LogP contribution in [0.1, 0.15) is 18.4 Å². The second-order valence-electron chi connectivity index (χ2n) is 8.79. The number of thioether (sulfide) groups is 1. The lowest BCUT2D eigenvalue weighted by molar-refractivity contribution is -0.119. The number of nitrogens with zero attached hydrogens (tertiary/aromatic N) is 2. The van der Waals surface area contributed by atoms with E-state index in [9.17, 15) is 9.59 Å². The van der Waals surface area contributed by atoms with Crippen LogP contribution in [0, 0.1) is 0 Å². The highest BCUT2D eigenvalue weighted by atomic mass is 32.2. The number of nitrogens with one attached hydrogen (secondary N) is 1. The second-order valence-corrected chi connectivity index (χ2v) is 10.8. The van der Waals surface area contributed by atoms with Crippen molar-refractivity contribution in [2.45, 2.75) is 37.1 Å². The van der Waals surface area contributed by atoms with Crippen molar-refractivity contribution < 1.29 is 19.0 Å². The third-order valence-electron chi connectivity index (χ3n) is 6.40. The number of carbonyl (C=O) groups is 1. The number of amides is 1. The molecule has 1 N–H and O–H groups in total. The molecule has 0 bridgehead atoms. The monoisotopic (exact) mass is 539 g/mol. The summed E-state index contributed by atoms with van der Waals surface area (Å²) in [6, 6.07) is 13.6. The molecule has 1 aliphatic heterocycles. The quantitative estimate of drug-likeness (QED) is 0.238. The van der Waals surface area contributed by atoms with Gasteiger partial charge < -0.3 is 19.5 Å². The van der Waals surface area contributed by atoms with E-state index in [1.165, 1.54) is 23.1 Å². The fourth-order valence-electron chi connectivity index (χ4n) is 4.45. The summed E-state index contributed by atoms with van der Waals surface area (Å²) in [5.41, 5.74) is 1.61. The fraction of sp³-hybridized carbons (Fsp3) is 0.370. The maximum Gasteiger partial charge on any atom is 0.272 e. The van der Waals surface area contributed by atoms with Gasteiger partial charge in [-0.1, -0.05) is 36.0 Å². The summed E-state index contributed by atoms with van der Waals surface area (Å²) in [7, 11) is 3.20. The van der Waals surface area contributed by atoms with Crippen molar-refractivity contribution in [1.29, 1.82) is 0 Å². The van der Waals surface area contributed by atoms with Crippen LogP contribution in [0.3, 0.4) is 0 Å². The minimum absolute atomic E-state index is 0.0836. The molecule has 194 valence electrons. The van der Waals surface area contributed by atoms with E-state index in [4.69, 9.17) is 19.2 Å². The molecule has 1 atom stereocenters. The number of carbonyl (C=O) groups excluding carboxylic acids is 1. The average Bonchev–Trinajstić information content (AvgIpc) is 3.58. The van der Waals surface area contributed by atoms with Crippen LogP contribution in [0.25, 0.3) is 20.3 Å². The van der Waals surface area contributed by atoms with Gasteiger partial charge in [0.15, 0.2) is 16.7 Å². The first kappa shape index (κ1) is 25.6. The van der Waals surface area contributed by atoms with Crippen LogP contribution in [0.2, 0.25) is 0 Å². The van der Waals surface area contributed by atoms with Gasteiger partial charge in [-0.2, -0.15) is 0 Å². The third kappa shape index (κ3) is 5.61. The summed E-state index contributed by atoms with van der Waals surface area (Å²) in [5.74, 6) is 1.37. The molecule has 0 aliphatic carbocycles. The first-order valence-corrected chi connectivity index (χ1v) is 14.0. The van der Waals surface area contributed by atoms with Crippen molar-refractivity contribution in [3.05, 3.63) is 58.4 Å². The predicted octanol–water partition coefficient (Wildman–Crippen LogP) is 4.26. The van der Waals surface area contributed by atoms with Crippen molar-refractivity contribution >= 4 is 49.3 Å². The maximum atomic E-state index is 13.7. The van der Waals surface area contributed by atoms with Crippen LogP contribution in [-0.4, -0.2) is 54.7 Å². The molecule has 1 fully saturated rings. The van der Waals surface area contributed by atoms with Gasteiger partial charge in [-0.15, -0.1) is 11.3 Å². The summed E-state index contributed by atoms with van der Waals surface area (Å²) in [6.45, 7) is 1.68. The molecule has 8 nitrogen and oxygen atoms in total. The molecule has 5 rings (SSSR count). The zero-order chi connectivity index (χ0) is 25.8. The Morgan fingerprint density at radius 2 is 2.05 bits per heavy atom. The van der Waals surface area contributed by atoms with Gasteiger partial charge in [-0.3, -0.25) is 14.2 Å². The van der Waals surface area contributed by atoms with Crippen LogP contribution in [-0.2, 0) is 22.5 Å². The number of methoxy groups -OCH3 is 2. The average molecular weight is 540 g/mol. The molecule has 10 heteroatoms. The Bertz CT molecular complexity index is 1480. The molecule has 37 heavy (non-hydrogen) atoms. The fourth-order valence-corrected chi connectivity index (χ4v) is 6.39. The highest BCUT2D eigenvalue weighted by Gasteiger charge is 2.19. The Morgan fingerprint density at radius 3 is 2.84 bits per heavy atom. The number of thiophene rings is 1. The summed E-state index contributed by atoms with van der Waals surface area (Å²) < 4.78 is 19.7. The van der Waals surface area contributed by atoms with Crippen molar-refractivity contribution in [3.63, 3.8) is 0 Å². The van der Waals surface area contributed by atoms with E-state index in [0.717, 1.165) is 35.1 Å². The Balaban J connectivity index is 1.41. The standard InChI is InChI=1S/C27H29N3O5S2/c1-33-20-10-9-17(14-21(20)34-2)11-12-30-26(32)25-24(19-7-3-4-8-22(19)37-25)29-27(30)36-16-23(31)28-15-18-6-5-13-35-18/h3-4,7-10,14,18H,5-6,11-13,15-16H2,1-2H3,(H,28,31). The molecular weight excluding hydrogens is 510 g/mol. The highest BCUT2D eigenvalue weighted by molar-refractivity contribution is 7.99. The van der Waals surface area contributed by atoms with Crippen molar-refractivity contribution in [1.82, 2.24) is 14.9 Å². The van der Waals surface area contributed by atoms with Crippen LogP contribution < -0.4 is 20.3 Å². The van der Waals surface area contributed by atoms with Crippen molar-refractivity contribution in [2.24, 2.45) is 0 Å². The Kier molecular flexibility index (Phi) is 7.97. The number of hydrogen-bond donors (Lipinski definition) is 1. The second kappa shape index (κ2) is 11.5. The molecule has 2 aromatic heterocycles. The van der Waals surface area contributed by atoms with Gasteiger partial charge >= 0.3 is 0 Å². The van der Waals surface area contributed by atoms with E-state index < -0.39 is 0 Å². The number of benzene rings is 2. The van der Waals surface area contributed by atoms with Gasteiger partial charge in [0.25, 0.3) is 5.56 Å². The Morgan fingerprint density at radius 1 is 1.22 bits per heavy atom. The van der Waals surface area contributed by atoms with E-state index in [0.29, 0.717) is 46.4 Å². The molecule has 1 unspecified atom stereocenters. The number of hydrogen-bond acceptors (Lipinski definition) is 8. The molecule has 1 saturated heterocycles. The topological polar surface area (TPSA) is 91.7 Å². The van der Waals surface area contributed by atoms with E-state index >= 15 is 0 Å². The third-order valence-corrected chi connectivity index (χ3v) is 8.53. The zero-order valence-electron chi connectivity index (χ0n) is 20.8. The van der Waals surface area contributed by atoms with Crippen LogP contribution in [0.15, 0.2) is 52.4 Å². The largest absolute Gasteiger partial charge is 0.493 e. The lowest BCUT2D eigenvalue weighted by Gasteiger charge is -2.14. The van der Waals surface area contributed by atoms with Gasteiger partial charge in [0.1, 0.15) is 4.70 Å². The molecule has 4 aromatic rings. The van der Waals surface area contributed by atoms with Gasteiger partial charge in [-0.05, 0) is 43.0 Å². The normalized spacial score (nSPS) is 15.4. The zero-order valence-corrected chi connectivity index (χ0v) is 22.5. The van der Waals surface area contributed by atoms with E-state index in [1.54, 1.807) is 18.8 Å². The number of fused-ring (bicyclic) bond motifs is 3. The minimum Gasteiger partial charge on any atom is -0.493 e.